The Hall–Kier alpha value is -0.910. The lowest BCUT2D eigenvalue weighted by Crippen LogP contribution is -2.16. The van der Waals surface area contributed by atoms with Crippen molar-refractivity contribution in [1.29, 1.82) is 0 Å². The first-order chi connectivity index (χ1) is 12.9. The van der Waals surface area contributed by atoms with Crippen molar-refractivity contribution in [3.05, 3.63) is 58.6 Å². The number of nitrogens with one attached hydrogen (secondary N) is 1. The minimum atomic E-state index is -0.418. The van der Waals surface area contributed by atoms with E-state index in [1.807, 2.05) is 31.2 Å². The van der Waals surface area contributed by atoms with Crippen molar-refractivity contribution >= 4 is 93.5 Å². The van der Waals surface area contributed by atoms with Gasteiger partial charge >= 0.3 is 5.91 Å². The fourth-order valence-electron chi connectivity index (χ4n) is 2.34. The van der Waals surface area contributed by atoms with Gasteiger partial charge in [0, 0.05) is 9.86 Å². The van der Waals surface area contributed by atoms with Gasteiger partial charge in [0.2, 0.25) is 0 Å². The van der Waals surface area contributed by atoms with E-state index in [0.29, 0.717) is 12.2 Å². The molecule has 1 heterocycles. The highest BCUT2D eigenvalue weighted by Gasteiger charge is 2.14. The van der Waals surface area contributed by atoms with Crippen LogP contribution in [0.4, 0.5) is 0 Å². The van der Waals surface area contributed by atoms with Gasteiger partial charge in [-0.3, -0.25) is 4.79 Å². The largest absolute Gasteiger partial charge is 0.492 e. The number of hydrogen-bond donors (Lipinski definition) is 1. The van der Waals surface area contributed by atoms with Gasteiger partial charge in [0.25, 0.3) is 0 Å². The van der Waals surface area contributed by atoms with E-state index in [0.717, 1.165) is 33.7 Å². The molecular weight excluding hydrogens is 659 g/mol. The second kappa shape index (κ2) is 9.06. The highest BCUT2D eigenvalue weighted by atomic mass is 127. The van der Waals surface area contributed by atoms with E-state index >= 15 is 0 Å². The van der Waals surface area contributed by atoms with Gasteiger partial charge in [-0.1, -0.05) is 15.9 Å². The van der Waals surface area contributed by atoms with E-state index in [4.69, 9.17) is 9.15 Å². The molecular formula is C18H12Br3IN2O3. The molecule has 5 nitrogen and oxygen atoms in total. The first kappa shape index (κ1) is 20.8. The summed E-state index contributed by atoms with van der Waals surface area (Å²) < 4.78 is 14.6. The number of fused-ring (bicyclic) bond motifs is 1. The van der Waals surface area contributed by atoms with E-state index in [9.17, 15) is 4.79 Å². The summed E-state index contributed by atoms with van der Waals surface area (Å²) in [5.74, 6) is 0.507. The van der Waals surface area contributed by atoms with Crippen LogP contribution in [-0.4, -0.2) is 18.7 Å². The van der Waals surface area contributed by atoms with Crippen molar-refractivity contribution in [1.82, 2.24) is 5.43 Å². The summed E-state index contributed by atoms with van der Waals surface area (Å²) in [5, 5.41) is 4.86. The minimum absolute atomic E-state index is 0.201. The van der Waals surface area contributed by atoms with Gasteiger partial charge in [-0.2, -0.15) is 5.10 Å². The summed E-state index contributed by atoms with van der Waals surface area (Å²) in [6, 6.07) is 9.22. The molecule has 0 unspecified atom stereocenters. The molecule has 1 N–H and O–H groups in total. The van der Waals surface area contributed by atoms with Gasteiger partial charge in [0.1, 0.15) is 11.3 Å². The van der Waals surface area contributed by atoms with Gasteiger partial charge in [-0.15, -0.1) is 0 Å². The molecule has 0 radical (unpaired) electrons. The smallest absolute Gasteiger partial charge is 0.307 e. The van der Waals surface area contributed by atoms with Crippen molar-refractivity contribution in [2.24, 2.45) is 5.10 Å². The number of rotatable bonds is 5. The highest BCUT2D eigenvalue weighted by molar-refractivity contribution is 14.1. The molecule has 0 aliphatic carbocycles. The van der Waals surface area contributed by atoms with Gasteiger partial charge in [0.05, 0.1) is 25.3 Å². The standard InChI is InChI=1S/C18H12Br3IN2O3/c1-2-26-17-12(20)3-9(4-13(17)21)8-23-24-18(25)15-6-10-5-11(19)7-14(22)16(10)27-15/h3-8H,2H2,1H3,(H,24,25)/b23-8-. The Morgan fingerprint density at radius 1 is 1.22 bits per heavy atom. The predicted octanol–water partition coefficient (Wildman–Crippen LogP) is 6.49. The number of benzene rings is 2. The van der Waals surface area contributed by atoms with E-state index in [1.54, 1.807) is 12.3 Å². The van der Waals surface area contributed by atoms with Crippen LogP contribution in [0.25, 0.3) is 11.0 Å². The minimum Gasteiger partial charge on any atom is -0.492 e. The average molecular weight is 671 g/mol. The third kappa shape index (κ3) is 4.93. The second-order valence-electron chi connectivity index (χ2n) is 5.36. The lowest BCUT2D eigenvalue weighted by molar-refractivity contribution is 0.0929. The van der Waals surface area contributed by atoms with E-state index in [2.05, 4.69) is 80.9 Å². The monoisotopic (exact) mass is 668 g/mol. The number of hydrazone groups is 1. The van der Waals surface area contributed by atoms with Gasteiger partial charge in [-0.05, 0) is 97.3 Å². The molecule has 3 rings (SSSR count). The zero-order chi connectivity index (χ0) is 19.6. The number of halogens is 4. The molecule has 0 bridgehead atoms. The average Bonchev–Trinajstić information content (AvgIpc) is 3.02. The van der Waals surface area contributed by atoms with Crippen LogP contribution in [0.1, 0.15) is 23.0 Å². The maximum absolute atomic E-state index is 12.3. The van der Waals surface area contributed by atoms with Crippen LogP contribution in [0, 0.1) is 3.57 Å². The topological polar surface area (TPSA) is 63.8 Å². The maximum Gasteiger partial charge on any atom is 0.307 e. The molecule has 1 aromatic heterocycles. The maximum atomic E-state index is 12.3. The Kier molecular flexibility index (Phi) is 6.98. The number of furan rings is 1. The summed E-state index contributed by atoms with van der Waals surface area (Å²) >= 11 is 12.5. The third-order valence-corrected chi connectivity index (χ3v) is 5.89. The van der Waals surface area contributed by atoms with E-state index < -0.39 is 5.91 Å². The van der Waals surface area contributed by atoms with Crippen LogP contribution in [0.5, 0.6) is 5.75 Å². The molecule has 0 aliphatic rings. The molecule has 0 aliphatic heterocycles. The summed E-state index contributed by atoms with van der Waals surface area (Å²) in [6.07, 6.45) is 1.55. The molecule has 0 fully saturated rings. The first-order valence-corrected chi connectivity index (χ1v) is 11.2. The summed E-state index contributed by atoms with van der Waals surface area (Å²) in [7, 11) is 0. The molecule has 0 saturated carbocycles. The van der Waals surface area contributed by atoms with Crippen LogP contribution in [0.3, 0.4) is 0 Å². The van der Waals surface area contributed by atoms with Crippen molar-refractivity contribution in [3.8, 4) is 5.75 Å². The van der Waals surface area contributed by atoms with Gasteiger partial charge in [0.15, 0.2) is 5.76 Å². The third-order valence-electron chi connectivity index (χ3n) is 3.45. The second-order valence-corrected chi connectivity index (χ2v) is 9.15. The summed E-state index contributed by atoms with van der Waals surface area (Å²) in [6.45, 7) is 2.48. The molecule has 27 heavy (non-hydrogen) atoms. The fraction of sp³-hybridized carbons (Fsp3) is 0.111. The molecule has 1 amide bonds. The lowest BCUT2D eigenvalue weighted by Gasteiger charge is -2.09. The van der Waals surface area contributed by atoms with Crippen molar-refractivity contribution in [3.63, 3.8) is 0 Å². The summed E-state index contributed by atoms with van der Waals surface area (Å²) in [5.41, 5.74) is 3.95. The normalized spacial score (nSPS) is 11.3. The van der Waals surface area contributed by atoms with Crippen LogP contribution in [-0.2, 0) is 0 Å². The quantitative estimate of drug-likeness (QED) is 0.192. The Labute approximate surface area is 194 Å². The zero-order valence-corrected chi connectivity index (χ0v) is 20.8. The number of ether oxygens (including phenoxy) is 1. The van der Waals surface area contributed by atoms with Crippen LogP contribution in [0.2, 0.25) is 0 Å². The molecule has 0 saturated heterocycles. The molecule has 0 atom stereocenters. The summed E-state index contributed by atoms with van der Waals surface area (Å²) in [4.78, 5) is 12.3. The SMILES string of the molecule is CCOc1c(Br)cc(/C=N\NC(=O)c2cc3cc(Br)cc(I)c3o2)cc1Br. The molecule has 3 aromatic rings. The Bertz CT molecular complexity index is 1030. The molecule has 140 valence electrons. The number of carbonyl (C=O) groups excluding carboxylic acids is 1. The van der Waals surface area contributed by atoms with Crippen LogP contribution < -0.4 is 10.2 Å². The molecule has 2 aromatic carbocycles. The lowest BCUT2D eigenvalue weighted by atomic mass is 10.2. The Morgan fingerprint density at radius 2 is 1.93 bits per heavy atom. The molecule has 0 spiro atoms. The van der Waals surface area contributed by atoms with Gasteiger partial charge in [-0.25, -0.2) is 5.43 Å². The van der Waals surface area contributed by atoms with Gasteiger partial charge < -0.3 is 9.15 Å². The van der Waals surface area contributed by atoms with E-state index in [1.165, 1.54) is 0 Å². The number of hydrogen-bond acceptors (Lipinski definition) is 4. The number of amides is 1. The predicted molar refractivity (Wildman–Crippen MR) is 125 cm³/mol. The van der Waals surface area contributed by atoms with Crippen molar-refractivity contribution in [2.45, 2.75) is 6.92 Å². The van der Waals surface area contributed by atoms with E-state index in [-0.39, 0.29) is 5.76 Å². The number of carbonyl (C=O) groups is 1. The highest BCUT2D eigenvalue weighted by Crippen LogP contribution is 2.34. The zero-order valence-electron chi connectivity index (χ0n) is 13.9. The van der Waals surface area contributed by atoms with Crippen LogP contribution >= 0.6 is 70.4 Å². The Balaban J connectivity index is 1.75. The number of nitrogens with zero attached hydrogens (tertiary/aromatic N) is 1. The first-order valence-electron chi connectivity index (χ1n) is 7.73. The Morgan fingerprint density at radius 3 is 2.59 bits per heavy atom. The molecule has 9 heteroatoms. The fourth-order valence-corrected chi connectivity index (χ4v) is 5.46. The van der Waals surface area contributed by atoms with Crippen molar-refractivity contribution < 1.29 is 13.9 Å². The van der Waals surface area contributed by atoms with Crippen molar-refractivity contribution in [2.75, 3.05) is 6.61 Å². The van der Waals surface area contributed by atoms with Crippen LogP contribution in [0.15, 0.2) is 53.3 Å².